The number of likely N-dealkylation sites (tertiary alicyclic amines) is 1. The molecule has 0 bridgehead atoms. The molecule has 1 aromatic carbocycles. The summed E-state index contributed by atoms with van der Waals surface area (Å²) in [7, 11) is 0. The minimum Gasteiger partial charge on any atom is -0.451 e. The lowest BCUT2D eigenvalue weighted by Gasteiger charge is -2.56. The zero-order valence-corrected chi connectivity index (χ0v) is 14.8. The van der Waals surface area contributed by atoms with Gasteiger partial charge in [0.25, 0.3) is 5.91 Å². The summed E-state index contributed by atoms with van der Waals surface area (Å²) in [6.45, 7) is 5.86. The van der Waals surface area contributed by atoms with Gasteiger partial charge in [-0.05, 0) is 32.8 Å². The molecule has 1 aliphatic heterocycles. The van der Waals surface area contributed by atoms with Gasteiger partial charge in [0, 0.05) is 42.5 Å². The molecule has 2 heterocycles. The van der Waals surface area contributed by atoms with Gasteiger partial charge in [0.2, 0.25) is 0 Å². The van der Waals surface area contributed by atoms with Crippen LogP contribution >= 0.6 is 0 Å². The second kappa shape index (κ2) is 6.15. The van der Waals surface area contributed by atoms with E-state index in [2.05, 4.69) is 0 Å². The van der Waals surface area contributed by atoms with Crippen LogP contribution in [0.25, 0.3) is 11.0 Å². The quantitative estimate of drug-likeness (QED) is 0.930. The van der Waals surface area contributed by atoms with Crippen LogP contribution in [0.3, 0.4) is 0 Å². The van der Waals surface area contributed by atoms with Gasteiger partial charge in [0.1, 0.15) is 5.58 Å². The van der Waals surface area contributed by atoms with Crippen molar-refractivity contribution in [2.24, 2.45) is 5.41 Å². The van der Waals surface area contributed by atoms with E-state index in [0.29, 0.717) is 31.9 Å². The summed E-state index contributed by atoms with van der Waals surface area (Å²) in [5.74, 6) is 0.387. The van der Waals surface area contributed by atoms with Crippen LogP contribution in [0, 0.1) is 12.3 Å². The van der Waals surface area contributed by atoms with E-state index in [1.165, 1.54) is 0 Å². The van der Waals surface area contributed by atoms with Crippen molar-refractivity contribution in [3.63, 3.8) is 0 Å². The standard InChI is InChI=1S/C20H25NO4/c1-3-24-17-12-16(22)20(17)8-10-21(11-9-20)19(23)18-13(2)14-6-4-5-7-15(14)25-18/h4-7,16-17,22H,3,8-12H2,1-2H3/t16-,17+/m0/s1. The number of fused-ring (bicyclic) bond motifs is 1. The third-order valence-electron chi connectivity index (χ3n) is 6.13. The maximum Gasteiger partial charge on any atom is 0.289 e. The Morgan fingerprint density at radius 3 is 2.72 bits per heavy atom. The Kier molecular flexibility index (Phi) is 4.08. The molecule has 1 amide bonds. The van der Waals surface area contributed by atoms with E-state index in [0.717, 1.165) is 29.4 Å². The number of hydrogen-bond acceptors (Lipinski definition) is 4. The first-order valence-corrected chi connectivity index (χ1v) is 9.14. The first-order chi connectivity index (χ1) is 12.1. The van der Waals surface area contributed by atoms with Gasteiger partial charge in [-0.25, -0.2) is 0 Å². The topological polar surface area (TPSA) is 62.9 Å². The van der Waals surface area contributed by atoms with E-state index < -0.39 is 0 Å². The summed E-state index contributed by atoms with van der Waals surface area (Å²) in [5, 5.41) is 11.3. The van der Waals surface area contributed by atoms with E-state index in [9.17, 15) is 9.90 Å². The van der Waals surface area contributed by atoms with E-state index in [1.807, 2.05) is 43.0 Å². The monoisotopic (exact) mass is 343 g/mol. The van der Waals surface area contributed by atoms with E-state index in [4.69, 9.17) is 9.15 Å². The molecule has 2 aromatic rings. The molecule has 2 fully saturated rings. The van der Waals surface area contributed by atoms with Gasteiger partial charge in [0.05, 0.1) is 12.2 Å². The number of hydrogen-bond donors (Lipinski definition) is 1. The molecule has 1 aliphatic carbocycles. The Labute approximate surface area is 147 Å². The van der Waals surface area contributed by atoms with Crippen molar-refractivity contribution in [3.8, 4) is 0 Å². The largest absolute Gasteiger partial charge is 0.451 e. The highest BCUT2D eigenvalue weighted by molar-refractivity contribution is 5.98. The summed E-state index contributed by atoms with van der Waals surface area (Å²) >= 11 is 0. The van der Waals surface area contributed by atoms with Crippen molar-refractivity contribution < 1.29 is 19.1 Å². The maximum atomic E-state index is 12.9. The van der Waals surface area contributed by atoms with Crippen LogP contribution in [0.15, 0.2) is 28.7 Å². The van der Waals surface area contributed by atoms with Gasteiger partial charge < -0.3 is 19.2 Å². The normalized spacial score (nSPS) is 25.3. The molecule has 134 valence electrons. The van der Waals surface area contributed by atoms with Crippen molar-refractivity contribution in [2.75, 3.05) is 19.7 Å². The Morgan fingerprint density at radius 2 is 2.08 bits per heavy atom. The van der Waals surface area contributed by atoms with Gasteiger partial charge in [-0.2, -0.15) is 0 Å². The second-order valence-electron chi connectivity index (χ2n) is 7.27. The number of aliphatic hydroxyl groups is 1. The number of piperidine rings is 1. The molecule has 0 unspecified atom stereocenters. The maximum absolute atomic E-state index is 12.9. The summed E-state index contributed by atoms with van der Waals surface area (Å²) < 4.78 is 11.6. The lowest BCUT2D eigenvalue weighted by Crippen LogP contribution is -2.62. The lowest BCUT2D eigenvalue weighted by molar-refractivity contribution is -0.207. The predicted molar refractivity (Wildman–Crippen MR) is 94.6 cm³/mol. The van der Waals surface area contributed by atoms with Gasteiger partial charge in [-0.1, -0.05) is 18.2 Å². The van der Waals surface area contributed by atoms with E-state index >= 15 is 0 Å². The van der Waals surface area contributed by atoms with Crippen LogP contribution in [-0.2, 0) is 4.74 Å². The van der Waals surface area contributed by atoms with Crippen LogP contribution in [0.5, 0.6) is 0 Å². The highest BCUT2D eigenvalue weighted by Crippen LogP contribution is 2.51. The third kappa shape index (κ3) is 2.49. The number of nitrogens with zero attached hydrogens (tertiary/aromatic N) is 1. The van der Waals surface area contributed by atoms with E-state index in [1.54, 1.807) is 0 Å². The Hall–Kier alpha value is -1.85. The first kappa shape index (κ1) is 16.6. The number of para-hydroxylation sites is 1. The Balaban J connectivity index is 1.50. The molecule has 1 saturated carbocycles. The highest BCUT2D eigenvalue weighted by atomic mass is 16.5. The predicted octanol–water partition coefficient (Wildman–Crippen LogP) is 3.13. The average Bonchev–Trinajstić information content (AvgIpc) is 2.98. The molecule has 5 heteroatoms. The number of aliphatic hydroxyl groups excluding tert-OH is 1. The molecule has 25 heavy (non-hydrogen) atoms. The third-order valence-corrected chi connectivity index (χ3v) is 6.13. The zero-order valence-electron chi connectivity index (χ0n) is 14.8. The van der Waals surface area contributed by atoms with Gasteiger partial charge in [-0.15, -0.1) is 0 Å². The summed E-state index contributed by atoms with van der Waals surface area (Å²) in [5.41, 5.74) is 1.48. The summed E-state index contributed by atoms with van der Waals surface area (Å²) in [6, 6.07) is 7.74. The zero-order chi connectivity index (χ0) is 17.6. The fourth-order valence-corrected chi connectivity index (χ4v) is 4.46. The number of rotatable bonds is 3. The molecule has 2 aliphatic rings. The number of ether oxygens (including phenoxy) is 1. The van der Waals surface area contributed by atoms with Crippen molar-refractivity contribution >= 4 is 16.9 Å². The molecular formula is C20H25NO4. The molecule has 2 atom stereocenters. The summed E-state index contributed by atoms with van der Waals surface area (Å²) in [4.78, 5) is 14.8. The minimum absolute atomic E-state index is 0.0506. The SMILES string of the molecule is CCO[C@@H]1C[C@H](O)C12CCN(C(=O)c1oc3ccccc3c1C)CC2. The van der Waals surface area contributed by atoms with Crippen LogP contribution in [0.2, 0.25) is 0 Å². The molecule has 0 radical (unpaired) electrons. The summed E-state index contributed by atoms with van der Waals surface area (Å²) in [6.07, 6.45) is 2.09. The molecule has 1 saturated heterocycles. The molecule has 1 aromatic heterocycles. The van der Waals surface area contributed by atoms with Crippen LogP contribution in [-0.4, -0.2) is 47.8 Å². The fraction of sp³-hybridized carbons (Fsp3) is 0.550. The first-order valence-electron chi connectivity index (χ1n) is 9.14. The number of carbonyl (C=O) groups excluding carboxylic acids is 1. The van der Waals surface area contributed by atoms with Crippen LogP contribution in [0.1, 0.15) is 42.3 Å². The minimum atomic E-state index is -0.311. The number of carbonyl (C=O) groups is 1. The molecule has 5 nitrogen and oxygen atoms in total. The van der Waals surface area contributed by atoms with Crippen molar-refractivity contribution in [3.05, 3.63) is 35.6 Å². The number of aryl methyl sites for hydroxylation is 1. The molecule has 1 spiro atoms. The highest BCUT2D eigenvalue weighted by Gasteiger charge is 2.56. The molecular weight excluding hydrogens is 318 g/mol. The lowest BCUT2D eigenvalue weighted by atomic mass is 9.58. The van der Waals surface area contributed by atoms with Crippen molar-refractivity contribution in [1.29, 1.82) is 0 Å². The number of benzene rings is 1. The Bertz CT molecular complexity index is 786. The molecule has 1 N–H and O–H groups in total. The van der Waals surface area contributed by atoms with Crippen LogP contribution < -0.4 is 0 Å². The van der Waals surface area contributed by atoms with Crippen molar-refractivity contribution in [1.82, 2.24) is 4.90 Å². The van der Waals surface area contributed by atoms with Gasteiger partial charge in [0.15, 0.2) is 5.76 Å². The smallest absolute Gasteiger partial charge is 0.289 e. The van der Waals surface area contributed by atoms with Crippen LogP contribution in [0.4, 0.5) is 0 Å². The molecule has 4 rings (SSSR count). The average molecular weight is 343 g/mol. The Morgan fingerprint density at radius 1 is 1.36 bits per heavy atom. The van der Waals surface area contributed by atoms with Gasteiger partial charge >= 0.3 is 0 Å². The fourth-order valence-electron chi connectivity index (χ4n) is 4.46. The number of furan rings is 1. The number of amides is 1. The van der Waals surface area contributed by atoms with Gasteiger partial charge in [-0.3, -0.25) is 4.79 Å². The van der Waals surface area contributed by atoms with E-state index in [-0.39, 0.29) is 23.5 Å². The van der Waals surface area contributed by atoms with Crippen molar-refractivity contribution in [2.45, 2.75) is 45.3 Å². The second-order valence-corrected chi connectivity index (χ2v) is 7.27.